The van der Waals surface area contributed by atoms with Crippen LogP contribution in [0, 0.1) is 5.82 Å². The van der Waals surface area contributed by atoms with Crippen molar-refractivity contribution in [3.63, 3.8) is 0 Å². The summed E-state index contributed by atoms with van der Waals surface area (Å²) < 4.78 is 13.2. The quantitative estimate of drug-likeness (QED) is 0.768. The molecule has 0 spiro atoms. The van der Waals surface area contributed by atoms with Crippen molar-refractivity contribution in [3.8, 4) is 0 Å². The minimum atomic E-state index is -0.371. The van der Waals surface area contributed by atoms with E-state index < -0.39 is 0 Å². The van der Waals surface area contributed by atoms with E-state index in [4.69, 9.17) is 5.73 Å². The largest absolute Gasteiger partial charge is 0.394 e. The van der Waals surface area contributed by atoms with Crippen LogP contribution < -0.4 is 11.1 Å². The van der Waals surface area contributed by atoms with Gasteiger partial charge in [-0.15, -0.1) is 0 Å². The first-order chi connectivity index (χ1) is 9.13. The number of fused-ring (bicyclic) bond motifs is 1. The Morgan fingerprint density at radius 1 is 1.42 bits per heavy atom. The predicted octanol–water partition coefficient (Wildman–Crippen LogP) is 1.92. The average molecular weight is 264 g/mol. The van der Waals surface area contributed by atoms with Crippen molar-refractivity contribution in [2.24, 2.45) is 0 Å². The highest BCUT2D eigenvalue weighted by Crippen LogP contribution is 2.23. The highest BCUT2D eigenvalue weighted by Gasteiger charge is 2.11. The van der Waals surface area contributed by atoms with Crippen molar-refractivity contribution in [2.75, 3.05) is 17.7 Å². The van der Waals surface area contributed by atoms with Crippen LogP contribution in [0.25, 0.3) is 10.9 Å². The Hall–Kier alpha value is -1.95. The molecule has 0 amide bonds. The van der Waals surface area contributed by atoms with Crippen molar-refractivity contribution in [2.45, 2.75) is 25.8 Å². The molecule has 0 unspecified atom stereocenters. The van der Waals surface area contributed by atoms with E-state index in [1.807, 2.05) is 6.92 Å². The summed E-state index contributed by atoms with van der Waals surface area (Å²) in [6.45, 7) is 2.03. The van der Waals surface area contributed by atoms with E-state index in [2.05, 4.69) is 15.3 Å². The van der Waals surface area contributed by atoms with Gasteiger partial charge in [0.1, 0.15) is 11.6 Å². The van der Waals surface area contributed by atoms with Crippen LogP contribution in [0.15, 0.2) is 18.2 Å². The molecule has 1 heterocycles. The number of anilines is 2. The minimum absolute atomic E-state index is 0.000432. The number of halogens is 1. The second-order valence-corrected chi connectivity index (χ2v) is 4.40. The molecule has 102 valence electrons. The summed E-state index contributed by atoms with van der Waals surface area (Å²) in [5, 5.41) is 13.1. The Morgan fingerprint density at radius 2 is 2.21 bits per heavy atom. The summed E-state index contributed by atoms with van der Waals surface area (Å²) in [5.41, 5.74) is 6.07. The second-order valence-electron chi connectivity index (χ2n) is 4.40. The van der Waals surface area contributed by atoms with Gasteiger partial charge in [-0.3, -0.25) is 0 Å². The Labute approximate surface area is 110 Å². The van der Waals surface area contributed by atoms with E-state index in [9.17, 15) is 9.50 Å². The molecule has 0 saturated heterocycles. The summed E-state index contributed by atoms with van der Waals surface area (Å²) in [6, 6.07) is 4.16. The van der Waals surface area contributed by atoms with Crippen molar-refractivity contribution in [3.05, 3.63) is 24.0 Å². The zero-order chi connectivity index (χ0) is 13.8. The Balaban J connectivity index is 2.41. The van der Waals surface area contributed by atoms with Gasteiger partial charge in [-0.2, -0.15) is 4.98 Å². The predicted molar refractivity (Wildman–Crippen MR) is 73.3 cm³/mol. The first kappa shape index (κ1) is 13.5. The topological polar surface area (TPSA) is 84.1 Å². The zero-order valence-corrected chi connectivity index (χ0v) is 10.7. The lowest BCUT2D eigenvalue weighted by Crippen LogP contribution is -2.24. The molecule has 0 radical (unpaired) electrons. The highest BCUT2D eigenvalue weighted by molar-refractivity contribution is 5.90. The molecule has 2 aromatic rings. The number of benzene rings is 1. The molecule has 2 rings (SSSR count). The molecular formula is C13H17FN4O. The number of nitrogens with one attached hydrogen (secondary N) is 1. The molecule has 0 fully saturated rings. The standard InChI is InChI=1S/C13H17FN4O/c1-2-3-9(7-19)16-12-10-5-4-8(14)6-11(10)17-13(15)18-12/h4-6,9,19H,2-3,7H2,1H3,(H3,15,16,17,18)/t9-/m0/s1. The zero-order valence-electron chi connectivity index (χ0n) is 10.7. The molecule has 0 saturated carbocycles. The molecule has 0 aliphatic rings. The summed E-state index contributed by atoms with van der Waals surface area (Å²) in [5.74, 6) is 0.229. The van der Waals surface area contributed by atoms with Crippen LogP contribution in [0.5, 0.6) is 0 Å². The number of nitrogens with zero attached hydrogens (tertiary/aromatic N) is 2. The van der Waals surface area contributed by atoms with E-state index in [-0.39, 0.29) is 24.4 Å². The highest BCUT2D eigenvalue weighted by atomic mass is 19.1. The van der Waals surface area contributed by atoms with Gasteiger partial charge in [0.25, 0.3) is 0 Å². The van der Waals surface area contributed by atoms with Crippen molar-refractivity contribution < 1.29 is 9.50 Å². The van der Waals surface area contributed by atoms with Gasteiger partial charge in [0.15, 0.2) is 0 Å². The maximum absolute atomic E-state index is 13.2. The smallest absolute Gasteiger partial charge is 0.222 e. The van der Waals surface area contributed by atoms with Gasteiger partial charge in [0.2, 0.25) is 5.95 Å². The Morgan fingerprint density at radius 3 is 2.89 bits per heavy atom. The summed E-state index contributed by atoms with van der Waals surface area (Å²) in [7, 11) is 0. The van der Waals surface area contributed by atoms with Crippen molar-refractivity contribution in [1.29, 1.82) is 0 Å². The second kappa shape index (κ2) is 5.79. The maximum Gasteiger partial charge on any atom is 0.222 e. The van der Waals surface area contributed by atoms with E-state index in [1.54, 1.807) is 6.07 Å². The SMILES string of the molecule is CCC[C@@H](CO)Nc1nc(N)nc2cc(F)ccc12. The fourth-order valence-corrected chi connectivity index (χ4v) is 1.98. The van der Waals surface area contributed by atoms with E-state index in [0.29, 0.717) is 16.7 Å². The van der Waals surface area contributed by atoms with Gasteiger partial charge in [-0.1, -0.05) is 13.3 Å². The first-order valence-corrected chi connectivity index (χ1v) is 6.24. The van der Waals surface area contributed by atoms with Gasteiger partial charge in [-0.25, -0.2) is 9.37 Å². The van der Waals surface area contributed by atoms with Crippen LogP contribution in [0.1, 0.15) is 19.8 Å². The Kier molecular flexibility index (Phi) is 4.11. The molecule has 0 bridgehead atoms. The monoisotopic (exact) mass is 264 g/mol. The molecule has 4 N–H and O–H groups in total. The molecule has 0 aliphatic carbocycles. The van der Waals surface area contributed by atoms with Crippen LogP contribution >= 0.6 is 0 Å². The summed E-state index contributed by atoms with van der Waals surface area (Å²) in [6.07, 6.45) is 1.74. The molecule has 5 nitrogen and oxygen atoms in total. The third-order valence-corrected chi connectivity index (χ3v) is 2.87. The van der Waals surface area contributed by atoms with Crippen LogP contribution in [-0.2, 0) is 0 Å². The number of nitrogen functional groups attached to an aromatic ring is 1. The average Bonchev–Trinajstić information content (AvgIpc) is 2.37. The third kappa shape index (κ3) is 3.08. The summed E-state index contributed by atoms with van der Waals surface area (Å²) in [4.78, 5) is 8.12. The van der Waals surface area contributed by atoms with Gasteiger partial charge in [0, 0.05) is 11.5 Å². The lowest BCUT2D eigenvalue weighted by atomic mass is 10.1. The lowest BCUT2D eigenvalue weighted by Gasteiger charge is -2.17. The molecule has 1 aromatic heterocycles. The minimum Gasteiger partial charge on any atom is -0.394 e. The van der Waals surface area contributed by atoms with Crippen LogP contribution in [0.4, 0.5) is 16.2 Å². The number of hydrogen-bond acceptors (Lipinski definition) is 5. The van der Waals surface area contributed by atoms with E-state index in [1.165, 1.54) is 12.1 Å². The fourth-order valence-electron chi connectivity index (χ4n) is 1.98. The lowest BCUT2D eigenvalue weighted by molar-refractivity contribution is 0.268. The van der Waals surface area contributed by atoms with Crippen molar-refractivity contribution in [1.82, 2.24) is 9.97 Å². The fraction of sp³-hybridized carbons (Fsp3) is 0.385. The molecule has 1 aromatic carbocycles. The molecule has 0 aliphatic heterocycles. The molecule has 19 heavy (non-hydrogen) atoms. The summed E-state index contributed by atoms with van der Waals surface area (Å²) >= 11 is 0. The maximum atomic E-state index is 13.2. The van der Waals surface area contributed by atoms with Gasteiger partial charge in [-0.05, 0) is 18.6 Å². The van der Waals surface area contributed by atoms with E-state index in [0.717, 1.165) is 12.8 Å². The van der Waals surface area contributed by atoms with Crippen LogP contribution in [-0.4, -0.2) is 27.7 Å². The van der Waals surface area contributed by atoms with E-state index >= 15 is 0 Å². The van der Waals surface area contributed by atoms with Crippen LogP contribution in [0.3, 0.4) is 0 Å². The number of aliphatic hydroxyl groups is 1. The number of rotatable bonds is 5. The van der Waals surface area contributed by atoms with Gasteiger partial charge < -0.3 is 16.2 Å². The van der Waals surface area contributed by atoms with Crippen LogP contribution in [0.2, 0.25) is 0 Å². The number of aliphatic hydroxyl groups excluding tert-OH is 1. The molecule has 1 atom stereocenters. The van der Waals surface area contributed by atoms with Gasteiger partial charge in [0.05, 0.1) is 18.2 Å². The van der Waals surface area contributed by atoms with Gasteiger partial charge >= 0.3 is 0 Å². The molecular weight excluding hydrogens is 247 g/mol. The number of nitrogens with two attached hydrogens (primary N) is 1. The normalized spacial score (nSPS) is 12.6. The number of hydrogen-bond donors (Lipinski definition) is 3. The number of aromatic nitrogens is 2. The first-order valence-electron chi connectivity index (χ1n) is 6.24. The third-order valence-electron chi connectivity index (χ3n) is 2.87. The Bertz CT molecular complexity index is 571. The molecule has 6 heteroatoms. The van der Waals surface area contributed by atoms with Crippen molar-refractivity contribution >= 4 is 22.7 Å².